The van der Waals surface area contributed by atoms with Crippen molar-refractivity contribution in [1.82, 2.24) is 5.43 Å². The highest BCUT2D eigenvalue weighted by molar-refractivity contribution is 6.34. The molecule has 0 heterocycles. The molecule has 0 aliphatic heterocycles. The highest BCUT2D eigenvalue weighted by atomic mass is 35.5. The van der Waals surface area contributed by atoms with Crippen molar-refractivity contribution in [3.63, 3.8) is 0 Å². The third-order valence-electron chi connectivity index (χ3n) is 2.96. The highest BCUT2D eigenvalue weighted by Crippen LogP contribution is 2.17. The fourth-order valence-electron chi connectivity index (χ4n) is 1.75. The SMILES string of the molecule is CC(=NNC(=O)c1ccc(C)cc1Cl)c1ccc(Cl)cc1. The predicted octanol–water partition coefficient (Wildman–Crippen LogP) is 4.46. The number of hydrogen-bond donors (Lipinski definition) is 1. The number of rotatable bonds is 3. The summed E-state index contributed by atoms with van der Waals surface area (Å²) < 4.78 is 0. The van der Waals surface area contributed by atoms with Gasteiger partial charge in [0.25, 0.3) is 5.91 Å². The summed E-state index contributed by atoms with van der Waals surface area (Å²) in [4.78, 5) is 12.0. The molecule has 0 aliphatic carbocycles. The minimum Gasteiger partial charge on any atom is -0.267 e. The van der Waals surface area contributed by atoms with E-state index < -0.39 is 0 Å². The Morgan fingerprint density at radius 2 is 1.76 bits per heavy atom. The molecule has 2 aromatic rings. The molecular weight excluding hydrogens is 307 g/mol. The van der Waals surface area contributed by atoms with Gasteiger partial charge in [-0.15, -0.1) is 0 Å². The summed E-state index contributed by atoms with van der Waals surface area (Å²) >= 11 is 11.9. The molecule has 5 heteroatoms. The highest BCUT2D eigenvalue weighted by Gasteiger charge is 2.09. The zero-order valence-electron chi connectivity index (χ0n) is 11.7. The molecule has 0 aliphatic rings. The fraction of sp³-hybridized carbons (Fsp3) is 0.125. The van der Waals surface area contributed by atoms with E-state index in [2.05, 4.69) is 10.5 Å². The summed E-state index contributed by atoms with van der Waals surface area (Å²) in [6, 6.07) is 12.5. The average Bonchev–Trinajstić information content (AvgIpc) is 2.45. The van der Waals surface area contributed by atoms with Gasteiger partial charge in [0.15, 0.2) is 0 Å². The molecule has 21 heavy (non-hydrogen) atoms. The summed E-state index contributed by atoms with van der Waals surface area (Å²) in [5.74, 6) is -0.340. The summed E-state index contributed by atoms with van der Waals surface area (Å²) in [6.45, 7) is 3.72. The number of carbonyl (C=O) groups excluding carboxylic acids is 1. The van der Waals surface area contributed by atoms with Crippen molar-refractivity contribution < 1.29 is 4.79 Å². The lowest BCUT2D eigenvalue weighted by molar-refractivity contribution is 0.0955. The van der Waals surface area contributed by atoms with Crippen LogP contribution in [0.15, 0.2) is 47.6 Å². The quantitative estimate of drug-likeness (QED) is 0.658. The second-order valence-corrected chi connectivity index (χ2v) is 5.47. The number of carbonyl (C=O) groups is 1. The minimum absolute atomic E-state index is 0.340. The number of hydrogen-bond acceptors (Lipinski definition) is 2. The Hall–Kier alpha value is -1.84. The molecule has 1 N–H and O–H groups in total. The van der Waals surface area contributed by atoms with Gasteiger partial charge in [0.2, 0.25) is 0 Å². The Bertz CT molecular complexity index is 694. The van der Waals surface area contributed by atoms with Crippen molar-refractivity contribution in [1.29, 1.82) is 0 Å². The average molecular weight is 321 g/mol. The molecule has 0 fully saturated rings. The lowest BCUT2D eigenvalue weighted by atomic mass is 10.1. The van der Waals surface area contributed by atoms with Gasteiger partial charge in [-0.25, -0.2) is 5.43 Å². The van der Waals surface area contributed by atoms with Crippen LogP contribution in [0.25, 0.3) is 0 Å². The molecule has 108 valence electrons. The van der Waals surface area contributed by atoms with Gasteiger partial charge in [0.1, 0.15) is 0 Å². The van der Waals surface area contributed by atoms with E-state index >= 15 is 0 Å². The number of nitrogens with zero attached hydrogens (tertiary/aromatic N) is 1. The molecule has 3 nitrogen and oxygen atoms in total. The first kappa shape index (κ1) is 15.5. The van der Waals surface area contributed by atoms with Crippen molar-refractivity contribution in [3.05, 3.63) is 69.2 Å². The zero-order chi connectivity index (χ0) is 15.4. The van der Waals surface area contributed by atoms with Gasteiger partial charge in [-0.1, -0.05) is 41.4 Å². The maximum Gasteiger partial charge on any atom is 0.272 e. The molecule has 2 aromatic carbocycles. The molecule has 0 spiro atoms. The molecule has 0 aromatic heterocycles. The predicted molar refractivity (Wildman–Crippen MR) is 87.3 cm³/mol. The van der Waals surface area contributed by atoms with Crippen LogP contribution in [0.1, 0.15) is 28.4 Å². The largest absolute Gasteiger partial charge is 0.272 e. The molecule has 1 amide bonds. The monoisotopic (exact) mass is 320 g/mol. The van der Waals surface area contributed by atoms with Gasteiger partial charge in [0, 0.05) is 5.02 Å². The van der Waals surface area contributed by atoms with Gasteiger partial charge in [-0.3, -0.25) is 4.79 Å². The Morgan fingerprint density at radius 3 is 2.38 bits per heavy atom. The number of halogens is 2. The van der Waals surface area contributed by atoms with E-state index in [1.807, 2.05) is 25.1 Å². The van der Waals surface area contributed by atoms with Crippen LogP contribution in [-0.2, 0) is 0 Å². The topological polar surface area (TPSA) is 41.5 Å². The third kappa shape index (κ3) is 4.06. The zero-order valence-corrected chi connectivity index (χ0v) is 13.2. The van der Waals surface area contributed by atoms with Crippen LogP contribution in [0, 0.1) is 6.92 Å². The molecule has 0 saturated heterocycles. The number of aryl methyl sites for hydroxylation is 1. The van der Waals surface area contributed by atoms with E-state index in [0.29, 0.717) is 21.3 Å². The van der Waals surface area contributed by atoms with E-state index in [0.717, 1.165) is 11.1 Å². The molecule has 0 radical (unpaired) electrons. The van der Waals surface area contributed by atoms with Crippen molar-refractivity contribution in [2.75, 3.05) is 0 Å². The van der Waals surface area contributed by atoms with Gasteiger partial charge in [-0.05, 0) is 49.2 Å². The smallest absolute Gasteiger partial charge is 0.267 e. The van der Waals surface area contributed by atoms with E-state index in [-0.39, 0.29) is 5.91 Å². The van der Waals surface area contributed by atoms with E-state index in [9.17, 15) is 4.79 Å². The van der Waals surface area contributed by atoms with Gasteiger partial charge in [-0.2, -0.15) is 5.10 Å². The Balaban J connectivity index is 2.12. The Kier molecular flexibility index (Phi) is 4.99. The van der Waals surface area contributed by atoms with Crippen LogP contribution < -0.4 is 5.43 Å². The van der Waals surface area contributed by atoms with Crippen LogP contribution in [-0.4, -0.2) is 11.6 Å². The van der Waals surface area contributed by atoms with Crippen LogP contribution >= 0.6 is 23.2 Å². The Morgan fingerprint density at radius 1 is 1.10 bits per heavy atom. The molecule has 0 atom stereocenters. The van der Waals surface area contributed by atoms with Crippen LogP contribution in [0.4, 0.5) is 0 Å². The number of hydrazone groups is 1. The van der Waals surface area contributed by atoms with E-state index in [1.54, 1.807) is 31.2 Å². The molecule has 2 rings (SSSR count). The molecule has 0 saturated carbocycles. The van der Waals surface area contributed by atoms with Crippen LogP contribution in [0.2, 0.25) is 10.0 Å². The van der Waals surface area contributed by atoms with Crippen molar-refractivity contribution in [2.24, 2.45) is 5.10 Å². The Labute approximate surface area is 133 Å². The van der Waals surface area contributed by atoms with Crippen molar-refractivity contribution in [2.45, 2.75) is 13.8 Å². The van der Waals surface area contributed by atoms with E-state index in [1.165, 1.54) is 0 Å². The first-order valence-corrected chi connectivity index (χ1v) is 7.09. The van der Waals surface area contributed by atoms with Crippen LogP contribution in [0.5, 0.6) is 0 Å². The lowest BCUT2D eigenvalue weighted by Gasteiger charge is -2.05. The third-order valence-corrected chi connectivity index (χ3v) is 3.52. The summed E-state index contributed by atoms with van der Waals surface area (Å²) in [5, 5.41) is 5.14. The maximum absolute atomic E-state index is 12.0. The van der Waals surface area contributed by atoms with Gasteiger partial charge in [0.05, 0.1) is 16.3 Å². The minimum atomic E-state index is -0.340. The normalized spacial score (nSPS) is 11.3. The van der Waals surface area contributed by atoms with Crippen LogP contribution in [0.3, 0.4) is 0 Å². The molecule has 0 bridgehead atoms. The molecule has 0 unspecified atom stereocenters. The summed E-state index contributed by atoms with van der Waals surface area (Å²) in [7, 11) is 0. The summed E-state index contributed by atoms with van der Waals surface area (Å²) in [5.41, 5.74) is 5.47. The second-order valence-electron chi connectivity index (χ2n) is 4.63. The van der Waals surface area contributed by atoms with Crippen molar-refractivity contribution in [3.8, 4) is 0 Å². The maximum atomic E-state index is 12.0. The van der Waals surface area contributed by atoms with Gasteiger partial charge >= 0.3 is 0 Å². The second kappa shape index (κ2) is 6.74. The first-order valence-electron chi connectivity index (χ1n) is 6.34. The van der Waals surface area contributed by atoms with Gasteiger partial charge < -0.3 is 0 Å². The first-order chi connectivity index (χ1) is 9.97. The molecular formula is C16H14Cl2N2O. The number of nitrogens with one attached hydrogen (secondary N) is 1. The van der Waals surface area contributed by atoms with E-state index in [4.69, 9.17) is 23.2 Å². The summed E-state index contributed by atoms with van der Waals surface area (Å²) in [6.07, 6.45) is 0. The van der Waals surface area contributed by atoms with Crippen molar-refractivity contribution >= 4 is 34.8 Å². The number of amides is 1. The fourth-order valence-corrected chi connectivity index (χ4v) is 2.20. The standard InChI is InChI=1S/C16H14Cl2N2O/c1-10-3-8-14(15(18)9-10)16(21)20-19-11(2)12-4-6-13(17)7-5-12/h3-9H,1-2H3,(H,20,21). The number of benzene rings is 2. The lowest BCUT2D eigenvalue weighted by Crippen LogP contribution is -2.19.